The maximum absolute atomic E-state index is 13.6. The van der Waals surface area contributed by atoms with E-state index in [0.717, 1.165) is 11.1 Å². The van der Waals surface area contributed by atoms with Gasteiger partial charge in [-0.3, -0.25) is 14.4 Å². The molecule has 0 saturated heterocycles. The van der Waals surface area contributed by atoms with E-state index >= 15 is 0 Å². The smallest absolute Gasteiger partial charge is 0.408 e. The minimum atomic E-state index is -1.13. The van der Waals surface area contributed by atoms with Crippen molar-refractivity contribution in [3.63, 3.8) is 0 Å². The first-order valence-corrected chi connectivity index (χ1v) is 17.5. The average Bonchev–Trinajstić information content (AvgIpc) is 3.09. The fourth-order valence-corrected chi connectivity index (χ4v) is 4.96. The highest BCUT2D eigenvalue weighted by atomic mass is 16.6. The molecule has 280 valence electrons. The van der Waals surface area contributed by atoms with Crippen LogP contribution in [0.15, 0.2) is 84.9 Å². The van der Waals surface area contributed by atoms with E-state index < -0.39 is 59.6 Å². The van der Waals surface area contributed by atoms with Gasteiger partial charge < -0.3 is 35.5 Å². The first-order chi connectivity index (χ1) is 24.6. The van der Waals surface area contributed by atoms with Gasteiger partial charge in [0.15, 0.2) is 0 Å². The molecular formula is C40H52N4O8. The Balaban J connectivity index is 1.70. The monoisotopic (exact) mass is 716 g/mol. The maximum atomic E-state index is 13.6. The molecule has 3 aromatic carbocycles. The average molecular weight is 717 g/mol. The Labute approximate surface area is 306 Å². The van der Waals surface area contributed by atoms with E-state index in [1.54, 1.807) is 45.0 Å². The zero-order valence-electron chi connectivity index (χ0n) is 31.1. The van der Waals surface area contributed by atoms with Crippen molar-refractivity contribution in [1.82, 2.24) is 21.3 Å². The minimum Gasteiger partial charge on any atom is -0.489 e. The predicted octanol–water partition coefficient (Wildman–Crippen LogP) is 4.99. The molecule has 0 aliphatic carbocycles. The van der Waals surface area contributed by atoms with E-state index in [-0.39, 0.29) is 18.9 Å². The molecule has 0 fully saturated rings. The summed E-state index contributed by atoms with van der Waals surface area (Å²) in [5.41, 5.74) is 1.75. The Morgan fingerprint density at radius 1 is 0.596 bits per heavy atom. The van der Waals surface area contributed by atoms with Gasteiger partial charge in [0.1, 0.15) is 48.7 Å². The van der Waals surface area contributed by atoms with E-state index in [4.69, 9.17) is 14.2 Å². The van der Waals surface area contributed by atoms with Crippen LogP contribution in [-0.2, 0) is 48.3 Å². The summed E-state index contributed by atoms with van der Waals surface area (Å²) in [7, 11) is 0. The number of ether oxygens (including phenoxy) is 3. The molecule has 3 aromatic rings. The molecule has 3 rings (SSSR count). The molecule has 0 bridgehead atoms. The van der Waals surface area contributed by atoms with E-state index in [2.05, 4.69) is 21.3 Å². The molecular weight excluding hydrogens is 664 g/mol. The molecule has 12 heteroatoms. The number of rotatable bonds is 17. The molecule has 4 atom stereocenters. The molecule has 12 nitrogen and oxygen atoms in total. The molecule has 0 unspecified atom stereocenters. The van der Waals surface area contributed by atoms with Crippen molar-refractivity contribution in [3.05, 3.63) is 102 Å². The van der Waals surface area contributed by atoms with Crippen LogP contribution >= 0.6 is 0 Å². The zero-order chi connectivity index (χ0) is 38.3. The van der Waals surface area contributed by atoms with Crippen molar-refractivity contribution < 1.29 is 38.2 Å². The lowest BCUT2D eigenvalue weighted by molar-refractivity contribution is -0.148. The minimum absolute atomic E-state index is 0.0382. The van der Waals surface area contributed by atoms with E-state index in [1.807, 2.05) is 74.5 Å². The highest BCUT2D eigenvalue weighted by Crippen LogP contribution is 2.16. The Hall–Kier alpha value is -5.39. The van der Waals surface area contributed by atoms with Gasteiger partial charge in [0, 0.05) is 6.42 Å². The molecule has 0 saturated carbocycles. The van der Waals surface area contributed by atoms with Crippen LogP contribution < -0.4 is 26.0 Å². The Kier molecular flexibility index (Phi) is 15.7. The number of amides is 4. The summed E-state index contributed by atoms with van der Waals surface area (Å²) in [6.07, 6.45) is -0.387. The second-order valence-corrected chi connectivity index (χ2v) is 14.1. The van der Waals surface area contributed by atoms with Crippen LogP contribution in [-0.4, -0.2) is 59.6 Å². The van der Waals surface area contributed by atoms with E-state index in [9.17, 15) is 24.0 Å². The summed E-state index contributed by atoms with van der Waals surface area (Å²) in [4.78, 5) is 65.5. The number of esters is 1. The standard InChI is InChI=1S/C40H52N4O8/c1-26(2)22-33(44-39(49)52-40(5,6)7)36(46)41-27(3)35(45)43-34(37(47)42-28(4)38(48)51-25-31-16-12-9-13-17-31)23-29-18-20-32(21-19-29)50-24-30-14-10-8-11-15-30/h8-21,26-28,33-34H,22-25H2,1-7H3,(H,41,46)(H,42,47)(H,43,45)(H,44,49)/t27-,28-,33+,34+/m1/s1. The topological polar surface area (TPSA) is 161 Å². The van der Waals surface area contributed by atoms with Gasteiger partial charge in [-0.25, -0.2) is 9.59 Å². The third-order valence-corrected chi connectivity index (χ3v) is 7.65. The fourth-order valence-electron chi connectivity index (χ4n) is 4.96. The maximum Gasteiger partial charge on any atom is 0.408 e. The Morgan fingerprint density at radius 3 is 1.69 bits per heavy atom. The second kappa shape index (κ2) is 19.9. The summed E-state index contributed by atoms with van der Waals surface area (Å²) in [6.45, 7) is 12.3. The predicted molar refractivity (Wildman–Crippen MR) is 197 cm³/mol. The molecule has 0 aliphatic rings. The lowest BCUT2D eigenvalue weighted by atomic mass is 10.0. The van der Waals surface area contributed by atoms with Crippen molar-refractivity contribution in [1.29, 1.82) is 0 Å². The largest absolute Gasteiger partial charge is 0.489 e. The van der Waals surface area contributed by atoms with Crippen LogP contribution in [0.2, 0.25) is 0 Å². The zero-order valence-corrected chi connectivity index (χ0v) is 31.1. The lowest BCUT2D eigenvalue weighted by Crippen LogP contribution is -2.57. The van der Waals surface area contributed by atoms with E-state index in [0.29, 0.717) is 24.3 Å². The third-order valence-electron chi connectivity index (χ3n) is 7.65. The number of hydrogen-bond acceptors (Lipinski definition) is 8. The summed E-state index contributed by atoms with van der Waals surface area (Å²) in [5.74, 6) is -1.82. The molecule has 0 aromatic heterocycles. The number of nitrogens with one attached hydrogen (secondary N) is 4. The van der Waals surface area contributed by atoms with Crippen LogP contribution in [0.1, 0.15) is 71.6 Å². The number of alkyl carbamates (subject to hydrolysis) is 1. The number of hydrogen-bond donors (Lipinski definition) is 4. The highest BCUT2D eigenvalue weighted by Gasteiger charge is 2.30. The molecule has 52 heavy (non-hydrogen) atoms. The van der Waals surface area contributed by atoms with Gasteiger partial charge in [-0.05, 0) is 75.8 Å². The fraction of sp³-hybridized carbons (Fsp3) is 0.425. The van der Waals surface area contributed by atoms with Gasteiger partial charge in [-0.1, -0.05) is 86.6 Å². The van der Waals surface area contributed by atoms with Crippen LogP contribution in [0.3, 0.4) is 0 Å². The SMILES string of the molecule is CC(C)C[C@H](NC(=O)OC(C)(C)C)C(=O)N[C@H](C)C(=O)N[C@@H](Cc1ccc(OCc2ccccc2)cc1)C(=O)N[C@H](C)C(=O)OCc1ccccc1. The van der Waals surface area contributed by atoms with Crippen LogP contribution in [0.5, 0.6) is 5.75 Å². The van der Waals surface area contributed by atoms with Gasteiger partial charge in [0.2, 0.25) is 17.7 Å². The van der Waals surface area contributed by atoms with Crippen LogP contribution in [0, 0.1) is 5.92 Å². The van der Waals surface area contributed by atoms with Crippen LogP contribution in [0.25, 0.3) is 0 Å². The van der Waals surface area contributed by atoms with E-state index in [1.165, 1.54) is 13.8 Å². The summed E-state index contributed by atoms with van der Waals surface area (Å²) in [6, 6.07) is 21.8. The number of benzene rings is 3. The summed E-state index contributed by atoms with van der Waals surface area (Å²) in [5, 5.41) is 10.6. The van der Waals surface area contributed by atoms with Crippen molar-refractivity contribution in [3.8, 4) is 5.75 Å². The molecule has 4 amide bonds. The molecule has 0 spiro atoms. The summed E-state index contributed by atoms with van der Waals surface area (Å²) < 4.78 is 16.6. The number of carbonyl (C=O) groups excluding carboxylic acids is 5. The lowest BCUT2D eigenvalue weighted by Gasteiger charge is -2.26. The number of carbonyl (C=O) groups is 5. The van der Waals surface area contributed by atoms with Gasteiger partial charge in [0.05, 0.1) is 0 Å². The highest BCUT2D eigenvalue weighted by molar-refractivity contribution is 5.94. The van der Waals surface area contributed by atoms with Crippen molar-refractivity contribution in [2.45, 2.75) is 104 Å². The second-order valence-electron chi connectivity index (χ2n) is 14.1. The molecule has 0 aliphatic heterocycles. The van der Waals surface area contributed by atoms with Gasteiger partial charge in [-0.2, -0.15) is 0 Å². The quantitative estimate of drug-likeness (QED) is 0.142. The Morgan fingerprint density at radius 2 is 1.13 bits per heavy atom. The first kappa shape index (κ1) is 41.0. The Bertz CT molecular complexity index is 1610. The van der Waals surface area contributed by atoms with Gasteiger partial charge in [0.25, 0.3) is 0 Å². The van der Waals surface area contributed by atoms with Crippen molar-refractivity contribution >= 4 is 29.8 Å². The van der Waals surface area contributed by atoms with Gasteiger partial charge >= 0.3 is 12.1 Å². The first-order valence-electron chi connectivity index (χ1n) is 17.5. The molecule has 0 radical (unpaired) electrons. The molecule has 4 N–H and O–H groups in total. The van der Waals surface area contributed by atoms with Gasteiger partial charge in [-0.15, -0.1) is 0 Å². The van der Waals surface area contributed by atoms with Crippen molar-refractivity contribution in [2.24, 2.45) is 5.92 Å². The van der Waals surface area contributed by atoms with Crippen molar-refractivity contribution in [2.75, 3.05) is 0 Å². The summed E-state index contributed by atoms with van der Waals surface area (Å²) >= 11 is 0. The normalized spacial score (nSPS) is 13.5. The third kappa shape index (κ3) is 14.8. The molecule has 0 heterocycles. The van der Waals surface area contributed by atoms with Crippen LogP contribution in [0.4, 0.5) is 4.79 Å².